The molecule has 4 nitrogen and oxygen atoms in total. The molecule has 4 heterocycles. The van der Waals surface area contributed by atoms with Crippen molar-refractivity contribution in [2.75, 3.05) is 0 Å². The minimum Gasteiger partial charge on any atom is -0.208 e. The van der Waals surface area contributed by atoms with Gasteiger partial charge in [0.15, 0.2) is 49.6 Å². The molecule has 188 valence electrons. The second-order valence-electron chi connectivity index (χ2n) is 9.36. The van der Waals surface area contributed by atoms with Gasteiger partial charge in [0.2, 0.25) is 0 Å². The summed E-state index contributed by atoms with van der Waals surface area (Å²) in [4.78, 5) is 0. The van der Waals surface area contributed by atoms with Gasteiger partial charge in [0, 0.05) is 48.5 Å². The van der Waals surface area contributed by atoms with E-state index in [1.54, 1.807) is 0 Å². The molecule has 2 aromatic carbocycles. The van der Waals surface area contributed by atoms with E-state index in [1.165, 1.54) is 33.0 Å². The third-order valence-electron chi connectivity index (χ3n) is 6.24. The second kappa shape index (κ2) is 13.0. The van der Waals surface area contributed by atoms with E-state index in [-0.39, 0.29) is 0 Å². The van der Waals surface area contributed by atoms with Crippen LogP contribution in [0.1, 0.15) is 0 Å². The van der Waals surface area contributed by atoms with Gasteiger partial charge >= 0.3 is 0 Å². The summed E-state index contributed by atoms with van der Waals surface area (Å²) in [6.45, 7) is 0. The Labute approximate surface area is 226 Å². The maximum Gasteiger partial charge on any atom is 0.169 e. The normalized spacial score (nSPS) is 10.1. The molecular weight excluding hydrogens is 464 g/mol. The molecule has 0 aliphatic rings. The average molecular weight is 501 g/mol. The van der Waals surface area contributed by atoms with Crippen LogP contribution in [0.15, 0.2) is 147 Å². The zero-order chi connectivity index (χ0) is 26.7. The fourth-order valence-corrected chi connectivity index (χ4v) is 3.91. The van der Waals surface area contributed by atoms with Crippen molar-refractivity contribution in [3.8, 4) is 22.3 Å². The lowest BCUT2D eigenvalue weighted by Crippen LogP contribution is -2.26. The van der Waals surface area contributed by atoms with Gasteiger partial charge < -0.3 is 0 Å². The van der Waals surface area contributed by atoms with Crippen LogP contribution in [0.5, 0.6) is 0 Å². The molecule has 0 bridgehead atoms. The summed E-state index contributed by atoms with van der Waals surface area (Å²) >= 11 is 0. The fraction of sp³-hybridized carbons (Fsp3) is 0.118. The van der Waals surface area contributed by atoms with Crippen LogP contribution in [0.2, 0.25) is 0 Å². The van der Waals surface area contributed by atoms with Crippen molar-refractivity contribution in [2.24, 2.45) is 28.2 Å². The number of nitrogens with zero attached hydrogens (tertiary/aromatic N) is 4. The summed E-state index contributed by atoms with van der Waals surface area (Å²) in [5.74, 6) is 0. The Morgan fingerprint density at radius 2 is 0.474 bits per heavy atom. The maximum absolute atomic E-state index is 2.12. The lowest BCUT2D eigenvalue weighted by Gasteiger charge is -1.97. The van der Waals surface area contributed by atoms with Crippen LogP contribution in [0, 0.1) is 0 Å². The molecule has 0 N–H and O–H groups in total. The monoisotopic (exact) mass is 500 g/mol. The molecule has 0 aliphatic heterocycles. The number of rotatable bonds is 2. The van der Waals surface area contributed by atoms with E-state index >= 15 is 0 Å². The summed E-state index contributed by atoms with van der Waals surface area (Å²) in [6, 6.07) is 33.7. The third kappa shape index (κ3) is 7.65. The summed E-state index contributed by atoms with van der Waals surface area (Å²) in [5.41, 5.74) is 5.01. The largest absolute Gasteiger partial charge is 0.208 e. The molecule has 0 saturated carbocycles. The predicted octanol–water partition coefficient (Wildman–Crippen LogP) is 4.85. The highest BCUT2D eigenvalue weighted by atomic mass is 14.9. The van der Waals surface area contributed by atoms with Crippen molar-refractivity contribution >= 4 is 10.8 Å². The third-order valence-corrected chi connectivity index (χ3v) is 6.24. The highest BCUT2D eigenvalue weighted by Crippen LogP contribution is 2.16. The van der Waals surface area contributed by atoms with Crippen LogP contribution in [0.4, 0.5) is 0 Å². The Bertz CT molecular complexity index is 1320. The van der Waals surface area contributed by atoms with Gasteiger partial charge in [0.05, 0.1) is 0 Å². The molecule has 6 rings (SSSR count). The zero-order valence-electron chi connectivity index (χ0n) is 22.6. The molecule has 6 aromatic rings. The highest BCUT2D eigenvalue weighted by molar-refractivity contribution is 5.82. The van der Waals surface area contributed by atoms with Gasteiger partial charge in [-0.1, -0.05) is 48.5 Å². The van der Waals surface area contributed by atoms with Crippen LogP contribution in [0.25, 0.3) is 33.0 Å². The van der Waals surface area contributed by atoms with E-state index < -0.39 is 0 Å². The second-order valence-corrected chi connectivity index (χ2v) is 9.36. The van der Waals surface area contributed by atoms with E-state index in [2.05, 4.69) is 147 Å². The van der Waals surface area contributed by atoms with Gasteiger partial charge in [-0.25, -0.2) is 18.3 Å². The summed E-state index contributed by atoms with van der Waals surface area (Å²) < 4.78 is 8.14. The topological polar surface area (TPSA) is 15.5 Å². The molecule has 0 aliphatic carbocycles. The van der Waals surface area contributed by atoms with E-state index in [0.29, 0.717) is 0 Å². The lowest BCUT2D eigenvalue weighted by molar-refractivity contribution is -0.671. The number of aryl methyl sites for hydroxylation is 4. The van der Waals surface area contributed by atoms with Crippen LogP contribution in [0.3, 0.4) is 0 Å². The van der Waals surface area contributed by atoms with Crippen LogP contribution in [-0.4, -0.2) is 0 Å². The summed E-state index contributed by atoms with van der Waals surface area (Å²) in [7, 11) is 8.09. The molecule has 0 spiro atoms. The van der Waals surface area contributed by atoms with Crippen molar-refractivity contribution in [2.45, 2.75) is 0 Å². The maximum atomic E-state index is 2.12. The van der Waals surface area contributed by atoms with Crippen LogP contribution < -0.4 is 18.3 Å². The average Bonchev–Trinajstić information content (AvgIpc) is 2.96. The van der Waals surface area contributed by atoms with E-state index in [4.69, 9.17) is 0 Å². The van der Waals surface area contributed by atoms with Gasteiger partial charge in [0.1, 0.15) is 28.2 Å². The number of pyridine rings is 4. The van der Waals surface area contributed by atoms with Gasteiger partial charge in [-0.3, -0.25) is 0 Å². The number of hydrogen-bond acceptors (Lipinski definition) is 0. The van der Waals surface area contributed by atoms with E-state index in [0.717, 1.165) is 0 Å². The van der Waals surface area contributed by atoms with Crippen molar-refractivity contribution in [1.29, 1.82) is 0 Å². The number of hydrogen-bond donors (Lipinski definition) is 0. The molecule has 0 unspecified atom stereocenters. The van der Waals surface area contributed by atoms with E-state index in [9.17, 15) is 0 Å². The Kier molecular flexibility index (Phi) is 9.03. The first-order valence-corrected chi connectivity index (χ1v) is 12.7. The van der Waals surface area contributed by atoms with Crippen LogP contribution >= 0.6 is 0 Å². The first-order chi connectivity index (χ1) is 18.5. The SMILES string of the molecule is C[n+]1ccc(-c2cc[n+](C)cc2)cc1.C[n+]1ccc(-c2cc[n+](C)cc2)cc1.c1ccc2ccccc2c1. The van der Waals surface area contributed by atoms with E-state index in [1.807, 2.05) is 46.5 Å². The minimum atomic E-state index is 1.25. The van der Waals surface area contributed by atoms with Gasteiger partial charge in [0.25, 0.3) is 0 Å². The molecular formula is C34H36N4+4. The molecule has 4 aromatic heterocycles. The Balaban J connectivity index is 0.000000135. The number of benzene rings is 2. The zero-order valence-corrected chi connectivity index (χ0v) is 22.6. The van der Waals surface area contributed by atoms with Crippen molar-refractivity contribution < 1.29 is 18.3 Å². The molecule has 0 saturated heterocycles. The van der Waals surface area contributed by atoms with Crippen LogP contribution in [-0.2, 0) is 28.2 Å². The number of fused-ring (bicyclic) bond motifs is 1. The first kappa shape index (κ1) is 26.4. The van der Waals surface area contributed by atoms with Crippen molar-refractivity contribution in [3.63, 3.8) is 0 Å². The molecule has 0 radical (unpaired) electrons. The summed E-state index contributed by atoms with van der Waals surface area (Å²) in [5, 5.41) is 2.62. The van der Waals surface area contributed by atoms with Gasteiger partial charge in [-0.2, -0.15) is 0 Å². The Hall–Kier alpha value is -4.70. The Morgan fingerprint density at radius 1 is 0.289 bits per heavy atom. The highest BCUT2D eigenvalue weighted by Gasteiger charge is 2.02. The number of aromatic nitrogens is 4. The fourth-order valence-electron chi connectivity index (χ4n) is 3.91. The molecule has 0 amide bonds. The van der Waals surface area contributed by atoms with Crippen molar-refractivity contribution in [1.82, 2.24) is 0 Å². The molecule has 4 heteroatoms. The van der Waals surface area contributed by atoms with Crippen molar-refractivity contribution in [3.05, 3.63) is 147 Å². The molecule has 0 fully saturated rings. The van der Waals surface area contributed by atoms with Gasteiger partial charge in [-0.05, 0) is 33.0 Å². The molecule has 38 heavy (non-hydrogen) atoms. The standard InChI is InChI=1S/2C12H14N2.C10H8/c2*1-13-7-3-11(4-8-13)12-5-9-14(2)10-6-12;1-2-6-10-8-4-3-7-9(10)5-1/h2*3-10H,1-2H3;1-8H/q2*+2;. The first-order valence-electron chi connectivity index (χ1n) is 12.7. The summed E-state index contributed by atoms with van der Waals surface area (Å²) in [6.07, 6.45) is 16.5. The quantitative estimate of drug-likeness (QED) is 0.302. The minimum absolute atomic E-state index is 1.25. The molecule has 0 atom stereocenters. The predicted molar refractivity (Wildman–Crippen MR) is 152 cm³/mol. The Morgan fingerprint density at radius 3 is 0.658 bits per heavy atom. The lowest BCUT2D eigenvalue weighted by atomic mass is 10.1. The van der Waals surface area contributed by atoms with Gasteiger partial charge in [-0.15, -0.1) is 0 Å². The smallest absolute Gasteiger partial charge is 0.169 e.